The lowest BCUT2D eigenvalue weighted by Crippen LogP contribution is -2.03. The molecule has 1 heterocycles. The molecule has 0 radical (unpaired) electrons. The second-order valence-corrected chi connectivity index (χ2v) is 4.59. The van der Waals surface area contributed by atoms with Gasteiger partial charge >= 0.3 is 0 Å². The van der Waals surface area contributed by atoms with Crippen LogP contribution in [0.2, 0.25) is 5.02 Å². The predicted octanol–water partition coefficient (Wildman–Crippen LogP) is 3.37. The van der Waals surface area contributed by atoms with E-state index in [2.05, 4.69) is 12.0 Å². The van der Waals surface area contributed by atoms with Gasteiger partial charge in [-0.1, -0.05) is 31.0 Å². The van der Waals surface area contributed by atoms with Crippen molar-refractivity contribution in [3.8, 4) is 5.69 Å². The van der Waals surface area contributed by atoms with E-state index in [4.69, 9.17) is 17.3 Å². The molecule has 0 unspecified atom stereocenters. The molecule has 0 spiro atoms. The molecule has 0 atom stereocenters. The van der Waals surface area contributed by atoms with Crippen LogP contribution < -0.4 is 5.73 Å². The number of aromatic nitrogens is 2. The summed E-state index contributed by atoms with van der Waals surface area (Å²) < 4.78 is 1.76. The number of hydrogen-bond acceptors (Lipinski definition) is 2. The molecule has 2 aromatic rings. The Bertz CT molecular complexity index is 531. The highest BCUT2D eigenvalue weighted by molar-refractivity contribution is 6.30. The molecule has 1 aromatic heterocycles. The first kappa shape index (κ1) is 12.0. The van der Waals surface area contributed by atoms with E-state index >= 15 is 0 Å². The largest absolute Gasteiger partial charge is 0.384 e. The zero-order chi connectivity index (χ0) is 12.4. The van der Waals surface area contributed by atoms with Crippen LogP contribution in [0.15, 0.2) is 24.3 Å². The summed E-state index contributed by atoms with van der Waals surface area (Å²) >= 11 is 6.01. The number of nitrogens with two attached hydrogens (primary N) is 1. The number of nitrogen functional groups attached to an aromatic ring is 1. The van der Waals surface area contributed by atoms with Crippen molar-refractivity contribution >= 4 is 17.4 Å². The van der Waals surface area contributed by atoms with Crippen molar-refractivity contribution in [1.29, 1.82) is 0 Å². The topological polar surface area (TPSA) is 43.8 Å². The molecular formula is C13H16ClN3. The molecule has 0 saturated carbocycles. The van der Waals surface area contributed by atoms with Crippen molar-refractivity contribution in [3.63, 3.8) is 0 Å². The number of hydrogen-bond donors (Lipinski definition) is 1. The number of nitrogens with zero attached hydrogens (tertiary/aromatic N) is 2. The molecule has 0 aliphatic rings. The second-order valence-electron chi connectivity index (χ2n) is 4.15. The van der Waals surface area contributed by atoms with E-state index in [9.17, 15) is 0 Å². The fourth-order valence-electron chi connectivity index (χ4n) is 1.83. The Labute approximate surface area is 106 Å². The predicted molar refractivity (Wildman–Crippen MR) is 71.7 cm³/mol. The summed E-state index contributed by atoms with van der Waals surface area (Å²) in [5, 5.41) is 5.20. The maximum absolute atomic E-state index is 6.01. The van der Waals surface area contributed by atoms with Gasteiger partial charge < -0.3 is 5.73 Å². The first-order valence-corrected chi connectivity index (χ1v) is 6.10. The lowest BCUT2D eigenvalue weighted by Gasteiger charge is -2.08. The molecule has 0 fully saturated rings. The lowest BCUT2D eigenvalue weighted by molar-refractivity contribution is 0.808. The molecule has 4 heteroatoms. The molecule has 3 nitrogen and oxygen atoms in total. The second kappa shape index (κ2) is 4.80. The van der Waals surface area contributed by atoms with Crippen LogP contribution in [-0.4, -0.2) is 9.78 Å². The van der Waals surface area contributed by atoms with E-state index in [0.717, 1.165) is 29.8 Å². The summed E-state index contributed by atoms with van der Waals surface area (Å²) in [7, 11) is 0. The van der Waals surface area contributed by atoms with Gasteiger partial charge in [0.1, 0.15) is 5.82 Å². The van der Waals surface area contributed by atoms with Crippen LogP contribution in [0.1, 0.15) is 24.6 Å². The first-order valence-electron chi connectivity index (χ1n) is 5.72. The van der Waals surface area contributed by atoms with Crippen LogP contribution in [0.3, 0.4) is 0 Å². The SMILES string of the molecule is CCCc1cc(N)n(-c2cc(Cl)ccc2C)n1. The highest BCUT2D eigenvalue weighted by Crippen LogP contribution is 2.22. The summed E-state index contributed by atoms with van der Waals surface area (Å²) in [6.07, 6.45) is 2.00. The minimum absolute atomic E-state index is 0.652. The van der Waals surface area contributed by atoms with Gasteiger partial charge in [0.15, 0.2) is 0 Å². The monoisotopic (exact) mass is 249 g/mol. The minimum atomic E-state index is 0.652. The van der Waals surface area contributed by atoms with E-state index in [1.165, 1.54) is 0 Å². The van der Waals surface area contributed by atoms with Crippen LogP contribution >= 0.6 is 11.6 Å². The Hall–Kier alpha value is -1.48. The van der Waals surface area contributed by atoms with Crippen LogP contribution in [-0.2, 0) is 6.42 Å². The van der Waals surface area contributed by atoms with E-state index in [1.54, 1.807) is 4.68 Å². The van der Waals surface area contributed by atoms with Crippen molar-refractivity contribution in [3.05, 3.63) is 40.5 Å². The molecule has 2 N–H and O–H groups in total. The van der Waals surface area contributed by atoms with Gasteiger partial charge in [-0.3, -0.25) is 0 Å². The smallest absolute Gasteiger partial charge is 0.127 e. The quantitative estimate of drug-likeness (QED) is 0.906. The van der Waals surface area contributed by atoms with E-state index in [0.29, 0.717) is 10.8 Å². The number of halogens is 1. The number of rotatable bonds is 3. The molecule has 0 bridgehead atoms. The Morgan fingerprint density at radius 2 is 2.12 bits per heavy atom. The number of aryl methyl sites for hydroxylation is 2. The van der Waals surface area contributed by atoms with Crippen molar-refractivity contribution < 1.29 is 0 Å². The third kappa shape index (κ3) is 2.44. The molecule has 0 amide bonds. The minimum Gasteiger partial charge on any atom is -0.384 e. The van der Waals surface area contributed by atoms with E-state index < -0.39 is 0 Å². The van der Waals surface area contributed by atoms with E-state index in [-0.39, 0.29) is 0 Å². The van der Waals surface area contributed by atoms with E-state index in [1.807, 2.05) is 31.2 Å². The van der Waals surface area contributed by atoms with Gasteiger partial charge in [0.25, 0.3) is 0 Å². The number of anilines is 1. The summed E-state index contributed by atoms with van der Waals surface area (Å²) in [5.74, 6) is 0.652. The average molecular weight is 250 g/mol. The molecule has 2 rings (SSSR count). The van der Waals surface area contributed by atoms with Gasteiger partial charge in [0.05, 0.1) is 11.4 Å². The highest BCUT2D eigenvalue weighted by atomic mass is 35.5. The third-order valence-corrected chi connectivity index (χ3v) is 2.93. The van der Waals surface area contributed by atoms with Crippen LogP contribution in [0.4, 0.5) is 5.82 Å². The maximum atomic E-state index is 6.01. The third-order valence-electron chi connectivity index (χ3n) is 2.69. The number of benzene rings is 1. The zero-order valence-electron chi connectivity index (χ0n) is 10.1. The van der Waals surface area contributed by atoms with Gasteiger partial charge in [-0.05, 0) is 31.0 Å². The molecule has 0 aliphatic carbocycles. The fourth-order valence-corrected chi connectivity index (χ4v) is 2.00. The molecule has 0 saturated heterocycles. The maximum Gasteiger partial charge on any atom is 0.127 e. The van der Waals surface area contributed by atoms with Gasteiger partial charge in [0.2, 0.25) is 0 Å². The van der Waals surface area contributed by atoms with Crippen molar-refractivity contribution in [2.24, 2.45) is 0 Å². The summed E-state index contributed by atoms with van der Waals surface area (Å²) in [5.41, 5.74) is 9.04. The Morgan fingerprint density at radius 3 is 2.82 bits per heavy atom. The molecule has 1 aromatic carbocycles. The standard InChI is InChI=1S/C13H16ClN3/c1-3-4-11-8-13(15)17(16-11)12-7-10(14)6-5-9(12)2/h5-8H,3-4,15H2,1-2H3. The summed E-state index contributed by atoms with van der Waals surface area (Å²) in [4.78, 5) is 0. The van der Waals surface area contributed by atoms with Crippen LogP contribution in [0.25, 0.3) is 5.69 Å². The lowest BCUT2D eigenvalue weighted by atomic mass is 10.2. The van der Waals surface area contributed by atoms with Crippen LogP contribution in [0, 0.1) is 6.92 Å². The van der Waals surface area contributed by atoms with Gasteiger partial charge in [0, 0.05) is 11.1 Å². The molecule has 90 valence electrons. The summed E-state index contributed by atoms with van der Waals surface area (Å²) in [6.45, 7) is 4.14. The van der Waals surface area contributed by atoms with Gasteiger partial charge in [-0.15, -0.1) is 0 Å². The highest BCUT2D eigenvalue weighted by Gasteiger charge is 2.09. The molecular weight excluding hydrogens is 234 g/mol. The fraction of sp³-hybridized carbons (Fsp3) is 0.308. The molecule has 0 aliphatic heterocycles. The molecule has 17 heavy (non-hydrogen) atoms. The van der Waals surface area contributed by atoms with Crippen LogP contribution in [0.5, 0.6) is 0 Å². The van der Waals surface area contributed by atoms with Crippen molar-refractivity contribution in [1.82, 2.24) is 9.78 Å². The summed E-state index contributed by atoms with van der Waals surface area (Å²) in [6, 6.07) is 7.64. The van der Waals surface area contributed by atoms with Crippen molar-refractivity contribution in [2.45, 2.75) is 26.7 Å². The normalized spacial score (nSPS) is 10.8. The Morgan fingerprint density at radius 1 is 1.35 bits per heavy atom. The van der Waals surface area contributed by atoms with Crippen molar-refractivity contribution in [2.75, 3.05) is 5.73 Å². The van der Waals surface area contributed by atoms with Gasteiger partial charge in [-0.25, -0.2) is 4.68 Å². The first-order chi connectivity index (χ1) is 8.11. The Kier molecular flexibility index (Phi) is 3.38. The van der Waals surface area contributed by atoms with Gasteiger partial charge in [-0.2, -0.15) is 5.10 Å². The zero-order valence-corrected chi connectivity index (χ0v) is 10.8. The Balaban J connectivity index is 2.48. The average Bonchev–Trinajstić information content (AvgIpc) is 2.64.